The maximum Gasteiger partial charge on any atom is 0.117 e. The number of morpholine rings is 1. The molecule has 1 aromatic heterocycles. The molecule has 4 nitrogen and oxygen atoms in total. The summed E-state index contributed by atoms with van der Waals surface area (Å²) in [5.41, 5.74) is 2.75. The average molecular weight is 286 g/mol. The zero-order valence-electron chi connectivity index (χ0n) is 12.3. The van der Waals surface area contributed by atoms with Gasteiger partial charge in [-0.05, 0) is 23.3 Å². The Morgan fingerprint density at radius 2 is 1.76 bits per heavy atom. The fraction of sp³-hybridized carbons (Fsp3) is 0.412. The smallest absolute Gasteiger partial charge is 0.117 e. The molecule has 0 aliphatic carbocycles. The summed E-state index contributed by atoms with van der Waals surface area (Å²) in [5, 5.41) is 3.44. The van der Waals surface area contributed by atoms with E-state index in [1.54, 1.807) is 6.26 Å². The first kappa shape index (κ1) is 14.3. The monoisotopic (exact) mass is 286 g/mol. The number of furan rings is 1. The Morgan fingerprint density at radius 1 is 0.952 bits per heavy atom. The van der Waals surface area contributed by atoms with Crippen molar-refractivity contribution in [1.29, 1.82) is 0 Å². The maximum atomic E-state index is 5.41. The molecule has 1 aliphatic rings. The highest BCUT2D eigenvalue weighted by atomic mass is 16.5. The average Bonchev–Trinajstić information content (AvgIpc) is 3.03. The molecule has 0 unspecified atom stereocenters. The van der Waals surface area contributed by atoms with Crippen LogP contribution in [0.2, 0.25) is 0 Å². The topological polar surface area (TPSA) is 37.6 Å². The van der Waals surface area contributed by atoms with Crippen molar-refractivity contribution in [2.24, 2.45) is 0 Å². The molecule has 1 fully saturated rings. The SMILES string of the molecule is c1coc(CNCc2ccccc2CN2CCOCC2)c1. The molecule has 2 aromatic rings. The number of hydrogen-bond acceptors (Lipinski definition) is 4. The predicted octanol–water partition coefficient (Wildman–Crippen LogP) is 2.40. The van der Waals surface area contributed by atoms with Gasteiger partial charge in [-0.2, -0.15) is 0 Å². The summed E-state index contributed by atoms with van der Waals surface area (Å²) in [6.45, 7) is 6.36. The van der Waals surface area contributed by atoms with Crippen molar-refractivity contribution in [2.75, 3.05) is 26.3 Å². The Labute approximate surface area is 125 Å². The summed E-state index contributed by atoms with van der Waals surface area (Å²) in [4.78, 5) is 2.45. The van der Waals surface area contributed by atoms with E-state index in [2.05, 4.69) is 34.5 Å². The molecule has 2 heterocycles. The van der Waals surface area contributed by atoms with E-state index >= 15 is 0 Å². The standard InChI is InChI=1S/C17H22N2O2/c1-2-5-16(14-19-7-10-20-11-8-19)15(4-1)12-18-13-17-6-3-9-21-17/h1-6,9,18H,7-8,10-14H2. The Morgan fingerprint density at radius 3 is 2.52 bits per heavy atom. The minimum atomic E-state index is 0.763. The molecule has 0 saturated carbocycles. The van der Waals surface area contributed by atoms with Gasteiger partial charge in [-0.1, -0.05) is 24.3 Å². The molecule has 0 spiro atoms. The molecule has 0 atom stereocenters. The van der Waals surface area contributed by atoms with E-state index in [4.69, 9.17) is 9.15 Å². The van der Waals surface area contributed by atoms with Gasteiger partial charge < -0.3 is 14.5 Å². The summed E-state index contributed by atoms with van der Waals surface area (Å²) in [5.74, 6) is 0.973. The molecule has 1 aliphatic heterocycles. The van der Waals surface area contributed by atoms with E-state index < -0.39 is 0 Å². The van der Waals surface area contributed by atoms with Crippen LogP contribution in [0.1, 0.15) is 16.9 Å². The molecule has 112 valence electrons. The van der Waals surface area contributed by atoms with Crippen molar-refractivity contribution in [1.82, 2.24) is 10.2 Å². The predicted molar refractivity (Wildman–Crippen MR) is 81.8 cm³/mol. The Bertz CT molecular complexity index is 533. The quantitative estimate of drug-likeness (QED) is 0.885. The van der Waals surface area contributed by atoms with Crippen LogP contribution in [0, 0.1) is 0 Å². The van der Waals surface area contributed by atoms with Gasteiger partial charge >= 0.3 is 0 Å². The van der Waals surface area contributed by atoms with Crippen LogP contribution in [0.3, 0.4) is 0 Å². The van der Waals surface area contributed by atoms with Gasteiger partial charge in [0.15, 0.2) is 0 Å². The molecule has 0 bridgehead atoms. The highest BCUT2D eigenvalue weighted by molar-refractivity contribution is 5.27. The zero-order chi connectivity index (χ0) is 14.3. The van der Waals surface area contributed by atoms with Crippen molar-refractivity contribution in [3.8, 4) is 0 Å². The number of ether oxygens (including phenoxy) is 1. The van der Waals surface area contributed by atoms with Crippen LogP contribution in [0.4, 0.5) is 0 Å². The molecule has 21 heavy (non-hydrogen) atoms. The van der Waals surface area contributed by atoms with Gasteiger partial charge in [0.1, 0.15) is 5.76 Å². The van der Waals surface area contributed by atoms with Gasteiger partial charge in [0.25, 0.3) is 0 Å². The molecule has 1 saturated heterocycles. The summed E-state index contributed by atoms with van der Waals surface area (Å²) in [6, 6.07) is 12.6. The van der Waals surface area contributed by atoms with Crippen LogP contribution in [-0.2, 0) is 24.4 Å². The fourth-order valence-electron chi connectivity index (χ4n) is 2.62. The lowest BCUT2D eigenvalue weighted by atomic mass is 10.1. The first-order valence-corrected chi connectivity index (χ1v) is 7.52. The van der Waals surface area contributed by atoms with Gasteiger partial charge in [-0.3, -0.25) is 4.90 Å². The van der Waals surface area contributed by atoms with Crippen LogP contribution < -0.4 is 5.32 Å². The van der Waals surface area contributed by atoms with Gasteiger partial charge in [0.05, 0.1) is 26.0 Å². The van der Waals surface area contributed by atoms with Crippen molar-refractivity contribution < 1.29 is 9.15 Å². The van der Waals surface area contributed by atoms with Crippen LogP contribution in [0.25, 0.3) is 0 Å². The molecular weight excluding hydrogens is 264 g/mol. The third-order valence-electron chi connectivity index (χ3n) is 3.81. The first-order valence-electron chi connectivity index (χ1n) is 7.52. The van der Waals surface area contributed by atoms with Crippen LogP contribution in [0.5, 0.6) is 0 Å². The number of hydrogen-bond donors (Lipinski definition) is 1. The minimum absolute atomic E-state index is 0.763. The third-order valence-corrected chi connectivity index (χ3v) is 3.81. The first-order chi connectivity index (χ1) is 10.4. The summed E-state index contributed by atoms with van der Waals surface area (Å²) in [6.07, 6.45) is 1.71. The molecule has 3 rings (SSSR count). The van der Waals surface area contributed by atoms with Crippen molar-refractivity contribution in [2.45, 2.75) is 19.6 Å². The van der Waals surface area contributed by atoms with Crippen molar-refractivity contribution in [3.63, 3.8) is 0 Å². The maximum absolute atomic E-state index is 5.41. The second-order valence-corrected chi connectivity index (χ2v) is 5.34. The van der Waals surface area contributed by atoms with Crippen molar-refractivity contribution in [3.05, 3.63) is 59.5 Å². The molecular formula is C17H22N2O2. The molecule has 1 aromatic carbocycles. The van der Waals surface area contributed by atoms with E-state index in [1.165, 1.54) is 11.1 Å². The number of benzene rings is 1. The van der Waals surface area contributed by atoms with Gasteiger partial charge in [0.2, 0.25) is 0 Å². The highest BCUT2D eigenvalue weighted by Crippen LogP contribution is 2.13. The lowest BCUT2D eigenvalue weighted by Gasteiger charge is -2.27. The molecule has 0 radical (unpaired) electrons. The Kier molecular flexibility index (Phi) is 5.05. The third kappa shape index (κ3) is 4.17. The number of nitrogens with zero attached hydrogens (tertiary/aromatic N) is 1. The molecule has 1 N–H and O–H groups in total. The van der Waals surface area contributed by atoms with Crippen LogP contribution in [-0.4, -0.2) is 31.2 Å². The zero-order valence-corrected chi connectivity index (χ0v) is 12.3. The van der Waals surface area contributed by atoms with E-state index in [1.807, 2.05) is 12.1 Å². The number of rotatable bonds is 6. The molecule has 0 amide bonds. The van der Waals surface area contributed by atoms with Gasteiger partial charge in [-0.15, -0.1) is 0 Å². The second kappa shape index (κ2) is 7.41. The van der Waals surface area contributed by atoms with E-state index in [9.17, 15) is 0 Å². The summed E-state index contributed by atoms with van der Waals surface area (Å²) < 4.78 is 10.7. The second-order valence-electron chi connectivity index (χ2n) is 5.34. The minimum Gasteiger partial charge on any atom is -0.468 e. The van der Waals surface area contributed by atoms with E-state index in [0.717, 1.165) is 51.7 Å². The lowest BCUT2D eigenvalue weighted by molar-refractivity contribution is 0.0340. The fourth-order valence-corrected chi connectivity index (χ4v) is 2.62. The van der Waals surface area contributed by atoms with Gasteiger partial charge in [0, 0.05) is 26.2 Å². The van der Waals surface area contributed by atoms with Gasteiger partial charge in [-0.25, -0.2) is 0 Å². The normalized spacial score (nSPS) is 16.2. The van der Waals surface area contributed by atoms with Crippen molar-refractivity contribution >= 4 is 0 Å². The number of nitrogens with one attached hydrogen (secondary N) is 1. The molecule has 4 heteroatoms. The Hall–Kier alpha value is -1.62. The van der Waals surface area contributed by atoms with E-state index in [0.29, 0.717) is 0 Å². The van der Waals surface area contributed by atoms with Crippen LogP contribution in [0.15, 0.2) is 47.1 Å². The van der Waals surface area contributed by atoms with Crippen LogP contribution >= 0.6 is 0 Å². The largest absolute Gasteiger partial charge is 0.468 e. The summed E-state index contributed by atoms with van der Waals surface area (Å²) >= 11 is 0. The highest BCUT2D eigenvalue weighted by Gasteiger charge is 2.12. The summed E-state index contributed by atoms with van der Waals surface area (Å²) in [7, 11) is 0. The lowest BCUT2D eigenvalue weighted by Crippen LogP contribution is -2.36. The van der Waals surface area contributed by atoms with E-state index in [-0.39, 0.29) is 0 Å². The Balaban J connectivity index is 1.56.